The van der Waals surface area contributed by atoms with Crippen LogP contribution in [-0.4, -0.2) is 18.2 Å². The van der Waals surface area contributed by atoms with Crippen LogP contribution in [0.2, 0.25) is 5.02 Å². The Morgan fingerprint density at radius 1 is 1.19 bits per heavy atom. The number of rotatable bonds is 5. The Kier molecular flexibility index (Phi) is 4.17. The zero-order valence-electron chi connectivity index (χ0n) is 14.2. The van der Waals surface area contributed by atoms with Gasteiger partial charge in [-0.05, 0) is 49.2 Å². The number of anilines is 1. The molecule has 0 aliphatic heterocycles. The maximum absolute atomic E-state index is 12.9. The van der Waals surface area contributed by atoms with Crippen molar-refractivity contribution in [2.45, 2.75) is 18.3 Å². The molecule has 5 nitrogen and oxygen atoms in total. The zero-order valence-corrected chi connectivity index (χ0v) is 14.9. The van der Waals surface area contributed by atoms with Crippen molar-refractivity contribution in [3.8, 4) is 17.1 Å². The van der Waals surface area contributed by atoms with Crippen LogP contribution in [0.3, 0.4) is 0 Å². The first-order chi connectivity index (χ1) is 12.6. The van der Waals surface area contributed by atoms with Crippen molar-refractivity contribution in [2.75, 3.05) is 12.4 Å². The lowest BCUT2D eigenvalue weighted by Gasteiger charge is -2.14. The number of benzene rings is 2. The highest BCUT2D eigenvalue weighted by Crippen LogP contribution is 2.49. The molecule has 0 atom stereocenters. The second-order valence-electron chi connectivity index (χ2n) is 6.32. The van der Waals surface area contributed by atoms with Crippen molar-refractivity contribution >= 4 is 23.2 Å². The largest absolute Gasteiger partial charge is 0.495 e. The SMILES string of the molecule is COc1ccccc1NC(=O)C1(c2cc(-c3ccc(Cl)cc3)on2)CC1. The van der Waals surface area contributed by atoms with Crippen molar-refractivity contribution in [1.82, 2.24) is 5.16 Å². The Hall–Kier alpha value is -2.79. The summed E-state index contributed by atoms with van der Waals surface area (Å²) in [4.78, 5) is 12.9. The quantitative estimate of drug-likeness (QED) is 0.710. The first kappa shape index (κ1) is 16.7. The van der Waals surface area contributed by atoms with Gasteiger partial charge >= 0.3 is 0 Å². The summed E-state index contributed by atoms with van der Waals surface area (Å²) in [7, 11) is 1.58. The van der Waals surface area contributed by atoms with E-state index >= 15 is 0 Å². The van der Waals surface area contributed by atoms with Gasteiger partial charge in [-0.1, -0.05) is 28.9 Å². The van der Waals surface area contributed by atoms with Crippen molar-refractivity contribution in [3.05, 3.63) is 65.3 Å². The molecule has 0 unspecified atom stereocenters. The molecule has 132 valence electrons. The van der Waals surface area contributed by atoms with Crippen LogP contribution in [-0.2, 0) is 10.2 Å². The van der Waals surface area contributed by atoms with Crippen molar-refractivity contribution in [3.63, 3.8) is 0 Å². The number of nitrogens with zero attached hydrogens (tertiary/aromatic N) is 1. The molecule has 1 aromatic heterocycles. The molecule has 1 saturated carbocycles. The average Bonchev–Trinajstić information content (AvgIpc) is 3.33. The van der Waals surface area contributed by atoms with E-state index in [2.05, 4.69) is 10.5 Å². The normalized spacial score (nSPS) is 14.7. The average molecular weight is 369 g/mol. The van der Waals surface area contributed by atoms with E-state index in [9.17, 15) is 4.79 Å². The van der Waals surface area contributed by atoms with E-state index in [-0.39, 0.29) is 5.91 Å². The molecular formula is C20H17ClN2O3. The molecule has 1 fully saturated rings. The highest BCUT2D eigenvalue weighted by atomic mass is 35.5. The van der Waals surface area contributed by atoms with Crippen LogP contribution in [0.1, 0.15) is 18.5 Å². The van der Waals surface area contributed by atoms with Gasteiger partial charge in [0, 0.05) is 16.7 Å². The van der Waals surface area contributed by atoms with Gasteiger partial charge in [0.1, 0.15) is 5.75 Å². The number of ether oxygens (including phenoxy) is 1. The molecule has 0 bridgehead atoms. The summed E-state index contributed by atoms with van der Waals surface area (Å²) in [5, 5.41) is 7.77. The monoisotopic (exact) mass is 368 g/mol. The fourth-order valence-electron chi connectivity index (χ4n) is 2.97. The van der Waals surface area contributed by atoms with E-state index in [0.29, 0.717) is 27.9 Å². The fraction of sp³-hybridized carbons (Fsp3) is 0.200. The van der Waals surface area contributed by atoms with Crippen LogP contribution in [0.4, 0.5) is 5.69 Å². The van der Waals surface area contributed by atoms with Crippen molar-refractivity contribution in [1.29, 1.82) is 0 Å². The number of para-hydroxylation sites is 2. The Balaban J connectivity index is 1.57. The van der Waals surface area contributed by atoms with Gasteiger partial charge in [0.2, 0.25) is 5.91 Å². The van der Waals surface area contributed by atoms with Crippen molar-refractivity contribution < 1.29 is 14.1 Å². The summed E-state index contributed by atoms with van der Waals surface area (Å²) < 4.78 is 10.8. The molecular weight excluding hydrogens is 352 g/mol. The van der Waals surface area contributed by atoms with E-state index in [1.165, 1.54) is 0 Å². The van der Waals surface area contributed by atoms with E-state index in [0.717, 1.165) is 18.4 Å². The molecule has 1 aliphatic carbocycles. The summed E-state index contributed by atoms with van der Waals surface area (Å²) in [5.74, 6) is 1.14. The number of nitrogens with one attached hydrogen (secondary N) is 1. The molecule has 2 aromatic carbocycles. The van der Waals surface area contributed by atoms with Crippen LogP contribution < -0.4 is 10.1 Å². The third kappa shape index (κ3) is 2.95. The topological polar surface area (TPSA) is 64.4 Å². The van der Waals surface area contributed by atoms with E-state index in [1.54, 1.807) is 19.2 Å². The molecule has 1 aliphatic rings. The van der Waals surface area contributed by atoms with Gasteiger partial charge in [0.25, 0.3) is 0 Å². The molecule has 0 spiro atoms. The first-order valence-corrected chi connectivity index (χ1v) is 8.68. The van der Waals surface area contributed by atoms with E-state index < -0.39 is 5.41 Å². The van der Waals surface area contributed by atoms with Gasteiger partial charge in [0.15, 0.2) is 5.76 Å². The Bertz CT molecular complexity index is 946. The predicted molar refractivity (Wildman–Crippen MR) is 99.5 cm³/mol. The maximum atomic E-state index is 12.9. The lowest BCUT2D eigenvalue weighted by atomic mass is 10.00. The lowest BCUT2D eigenvalue weighted by molar-refractivity contribution is -0.118. The maximum Gasteiger partial charge on any atom is 0.236 e. The summed E-state index contributed by atoms with van der Waals surface area (Å²) in [6.45, 7) is 0. The molecule has 6 heteroatoms. The predicted octanol–water partition coefficient (Wildman–Crippen LogP) is 4.67. The van der Waals surface area contributed by atoms with Crippen molar-refractivity contribution in [2.24, 2.45) is 0 Å². The molecule has 4 rings (SSSR count). The van der Waals surface area contributed by atoms with E-state index in [1.807, 2.05) is 42.5 Å². The second kappa shape index (κ2) is 6.50. The fourth-order valence-corrected chi connectivity index (χ4v) is 3.09. The number of hydrogen-bond acceptors (Lipinski definition) is 4. The Morgan fingerprint density at radius 3 is 2.62 bits per heavy atom. The van der Waals surface area contributed by atoms with Gasteiger partial charge in [0.05, 0.1) is 23.9 Å². The first-order valence-electron chi connectivity index (χ1n) is 8.30. The number of hydrogen-bond donors (Lipinski definition) is 1. The molecule has 0 radical (unpaired) electrons. The zero-order chi connectivity index (χ0) is 18.1. The Morgan fingerprint density at radius 2 is 1.92 bits per heavy atom. The lowest BCUT2D eigenvalue weighted by Crippen LogP contribution is -2.28. The molecule has 1 amide bonds. The molecule has 1 N–H and O–H groups in total. The van der Waals surface area contributed by atoms with Crippen LogP contribution in [0, 0.1) is 0 Å². The minimum Gasteiger partial charge on any atom is -0.495 e. The third-order valence-corrected chi connectivity index (χ3v) is 4.92. The second-order valence-corrected chi connectivity index (χ2v) is 6.76. The van der Waals surface area contributed by atoms with Gasteiger partial charge < -0.3 is 14.6 Å². The third-order valence-electron chi connectivity index (χ3n) is 4.67. The molecule has 0 saturated heterocycles. The van der Waals surface area contributed by atoms with Gasteiger partial charge in [-0.25, -0.2) is 0 Å². The minimum absolute atomic E-state index is 0.0991. The standard InChI is InChI=1S/C20H17ClN2O3/c1-25-16-5-3-2-4-15(16)22-19(24)20(10-11-20)18-12-17(26-23-18)13-6-8-14(21)9-7-13/h2-9,12H,10-11H2,1H3,(H,22,24). The minimum atomic E-state index is -0.644. The van der Waals surface area contributed by atoms with Gasteiger partial charge in [-0.2, -0.15) is 0 Å². The van der Waals surface area contributed by atoms with Gasteiger partial charge in [-0.3, -0.25) is 4.79 Å². The number of methoxy groups -OCH3 is 1. The molecule has 26 heavy (non-hydrogen) atoms. The highest BCUT2D eigenvalue weighted by molar-refractivity contribution is 6.30. The van der Waals surface area contributed by atoms with Crippen LogP contribution in [0.5, 0.6) is 5.75 Å². The van der Waals surface area contributed by atoms with Crippen LogP contribution in [0.25, 0.3) is 11.3 Å². The van der Waals surface area contributed by atoms with Crippen LogP contribution >= 0.6 is 11.6 Å². The summed E-state index contributed by atoms with van der Waals surface area (Å²) in [5.41, 5.74) is 1.52. The van der Waals surface area contributed by atoms with Crippen LogP contribution in [0.15, 0.2) is 59.1 Å². The number of carbonyl (C=O) groups is 1. The molecule has 3 aromatic rings. The van der Waals surface area contributed by atoms with E-state index in [4.69, 9.17) is 20.9 Å². The number of amides is 1. The van der Waals surface area contributed by atoms with Gasteiger partial charge in [-0.15, -0.1) is 0 Å². The summed E-state index contributed by atoms with van der Waals surface area (Å²) in [6, 6.07) is 16.5. The smallest absolute Gasteiger partial charge is 0.236 e. The number of aromatic nitrogens is 1. The highest BCUT2D eigenvalue weighted by Gasteiger charge is 2.54. The Labute approximate surface area is 155 Å². The number of carbonyl (C=O) groups excluding carboxylic acids is 1. The summed E-state index contributed by atoms with van der Waals surface area (Å²) >= 11 is 5.92. The number of halogens is 1. The summed E-state index contributed by atoms with van der Waals surface area (Å²) in [6.07, 6.45) is 1.47. The molecule has 1 heterocycles.